The van der Waals surface area contributed by atoms with Crippen molar-refractivity contribution in [2.75, 3.05) is 13.1 Å². The Balaban J connectivity index is 0.00000341. The fraction of sp³-hybridized carbons (Fsp3) is 0.348. The van der Waals surface area contributed by atoms with Crippen molar-refractivity contribution in [1.29, 1.82) is 0 Å². The molecule has 2 N–H and O–H groups in total. The maximum absolute atomic E-state index is 5.58. The van der Waals surface area contributed by atoms with Gasteiger partial charge in [-0.1, -0.05) is 18.2 Å². The number of halogens is 1. The third kappa shape index (κ3) is 8.20. The monoisotopic (exact) mass is 534 g/mol. The van der Waals surface area contributed by atoms with Crippen LogP contribution < -0.4 is 15.4 Å². The fourth-order valence-electron chi connectivity index (χ4n) is 2.89. The highest BCUT2D eigenvalue weighted by molar-refractivity contribution is 14.0. The lowest BCUT2D eigenvalue weighted by Gasteiger charge is -2.12. The van der Waals surface area contributed by atoms with Crippen LogP contribution in [0.4, 0.5) is 0 Å². The number of rotatable bonds is 9. The topological polar surface area (TPSA) is 76.4 Å². The first-order chi connectivity index (χ1) is 14.6. The number of benzene rings is 1. The summed E-state index contributed by atoms with van der Waals surface area (Å²) >= 11 is 0. The second kappa shape index (κ2) is 12.9. The summed E-state index contributed by atoms with van der Waals surface area (Å²) in [4.78, 5) is 8.99. The Kier molecular flexibility index (Phi) is 10.3. The van der Waals surface area contributed by atoms with E-state index in [4.69, 9.17) is 4.74 Å². The van der Waals surface area contributed by atoms with E-state index in [0.717, 1.165) is 36.7 Å². The van der Waals surface area contributed by atoms with Crippen LogP contribution in [-0.4, -0.2) is 39.9 Å². The first-order valence-electron chi connectivity index (χ1n) is 10.4. The van der Waals surface area contributed by atoms with Gasteiger partial charge in [-0.3, -0.25) is 0 Å². The summed E-state index contributed by atoms with van der Waals surface area (Å²) < 4.78 is 7.44. The van der Waals surface area contributed by atoms with E-state index in [1.165, 1.54) is 5.56 Å². The van der Waals surface area contributed by atoms with E-state index >= 15 is 0 Å². The van der Waals surface area contributed by atoms with Gasteiger partial charge in [0.25, 0.3) is 0 Å². The summed E-state index contributed by atoms with van der Waals surface area (Å²) in [5.74, 6) is 1.44. The molecule has 0 bridgehead atoms. The lowest BCUT2D eigenvalue weighted by molar-refractivity contribution is 0.232. The Bertz CT molecular complexity index is 908. The molecule has 31 heavy (non-hydrogen) atoms. The van der Waals surface area contributed by atoms with Crippen LogP contribution in [0, 0.1) is 0 Å². The predicted octanol–water partition coefficient (Wildman–Crippen LogP) is 3.97. The molecule has 0 spiro atoms. The molecule has 0 radical (unpaired) electrons. The van der Waals surface area contributed by atoms with Gasteiger partial charge in [0.2, 0.25) is 5.88 Å². The highest BCUT2D eigenvalue weighted by Crippen LogP contribution is 2.11. The van der Waals surface area contributed by atoms with Gasteiger partial charge in [-0.25, -0.2) is 14.7 Å². The van der Waals surface area contributed by atoms with Crippen molar-refractivity contribution in [1.82, 2.24) is 25.4 Å². The number of pyridine rings is 1. The van der Waals surface area contributed by atoms with Crippen molar-refractivity contribution in [2.45, 2.75) is 39.8 Å². The van der Waals surface area contributed by atoms with Crippen LogP contribution in [0.25, 0.3) is 5.69 Å². The number of hydrogen-bond donors (Lipinski definition) is 2. The van der Waals surface area contributed by atoms with E-state index < -0.39 is 0 Å². The molecule has 0 amide bonds. The molecular weight excluding hydrogens is 503 g/mol. The molecule has 0 aliphatic heterocycles. The number of nitrogens with one attached hydrogen (secondary N) is 2. The highest BCUT2D eigenvalue weighted by Gasteiger charge is 2.02. The van der Waals surface area contributed by atoms with Gasteiger partial charge in [0.05, 0.1) is 18.3 Å². The molecule has 166 valence electrons. The summed E-state index contributed by atoms with van der Waals surface area (Å²) in [5.41, 5.74) is 3.36. The van der Waals surface area contributed by atoms with E-state index in [9.17, 15) is 0 Å². The number of ether oxygens (including phenoxy) is 1. The summed E-state index contributed by atoms with van der Waals surface area (Å²) in [7, 11) is 0. The molecule has 3 aromatic rings. The zero-order valence-electron chi connectivity index (χ0n) is 18.3. The van der Waals surface area contributed by atoms with Crippen molar-refractivity contribution in [2.24, 2.45) is 4.99 Å². The molecule has 0 saturated heterocycles. The Hall–Kier alpha value is -2.62. The minimum atomic E-state index is 0. The quantitative estimate of drug-likeness (QED) is 0.247. The molecule has 3 rings (SSSR count). The van der Waals surface area contributed by atoms with Crippen LogP contribution in [-0.2, 0) is 13.0 Å². The van der Waals surface area contributed by atoms with E-state index in [0.29, 0.717) is 12.4 Å². The van der Waals surface area contributed by atoms with Crippen LogP contribution in [0.2, 0.25) is 0 Å². The van der Waals surface area contributed by atoms with Crippen LogP contribution in [0.5, 0.6) is 5.88 Å². The van der Waals surface area contributed by atoms with Crippen LogP contribution in [0.15, 0.2) is 66.0 Å². The molecule has 8 heteroatoms. The van der Waals surface area contributed by atoms with Crippen LogP contribution in [0.1, 0.15) is 31.9 Å². The van der Waals surface area contributed by atoms with Crippen molar-refractivity contribution >= 4 is 29.9 Å². The molecule has 0 unspecified atom stereocenters. The summed E-state index contributed by atoms with van der Waals surface area (Å²) in [6, 6.07) is 14.2. The normalized spacial score (nSPS) is 11.2. The van der Waals surface area contributed by atoms with Gasteiger partial charge in [-0.2, -0.15) is 5.10 Å². The number of nitrogens with zero attached hydrogens (tertiary/aromatic N) is 4. The van der Waals surface area contributed by atoms with E-state index in [1.807, 2.05) is 49.1 Å². The van der Waals surface area contributed by atoms with Crippen molar-refractivity contribution < 1.29 is 4.74 Å². The maximum Gasteiger partial charge on any atom is 0.213 e. The first-order valence-corrected chi connectivity index (χ1v) is 10.4. The molecule has 1 aromatic carbocycles. The summed E-state index contributed by atoms with van der Waals surface area (Å²) in [6.45, 7) is 8.20. The molecule has 2 aromatic heterocycles. The highest BCUT2D eigenvalue weighted by atomic mass is 127. The van der Waals surface area contributed by atoms with Gasteiger partial charge in [0, 0.05) is 37.7 Å². The predicted molar refractivity (Wildman–Crippen MR) is 136 cm³/mol. The summed E-state index contributed by atoms with van der Waals surface area (Å²) in [6.07, 6.45) is 6.56. The van der Waals surface area contributed by atoms with Gasteiger partial charge < -0.3 is 15.4 Å². The average Bonchev–Trinajstić information content (AvgIpc) is 3.28. The van der Waals surface area contributed by atoms with Gasteiger partial charge in [0.15, 0.2) is 5.96 Å². The molecule has 0 aliphatic rings. The largest absolute Gasteiger partial charge is 0.475 e. The minimum Gasteiger partial charge on any atom is -0.475 e. The van der Waals surface area contributed by atoms with Gasteiger partial charge in [-0.05, 0) is 56.5 Å². The lowest BCUT2D eigenvalue weighted by atomic mass is 10.1. The molecule has 0 fully saturated rings. The standard InChI is InChI=1S/C23H30N6O.HI/c1-4-24-23(27-17-20-8-11-22(26-16-20)30-18(2)3)25-14-12-19-6-9-21(10-7-19)29-15-5-13-28-29;/h5-11,13,15-16,18H,4,12,14,17H2,1-3H3,(H2,24,25,27);1H. The average molecular weight is 534 g/mol. The third-order valence-corrected chi connectivity index (χ3v) is 4.33. The molecule has 0 saturated carbocycles. The first kappa shape index (κ1) is 24.6. The molecule has 0 atom stereocenters. The zero-order valence-corrected chi connectivity index (χ0v) is 20.6. The van der Waals surface area contributed by atoms with Crippen LogP contribution in [0.3, 0.4) is 0 Å². The second-order valence-electron chi connectivity index (χ2n) is 7.16. The number of aliphatic imine (C=N–C) groups is 1. The van der Waals surface area contributed by atoms with Crippen molar-refractivity contribution in [3.63, 3.8) is 0 Å². The van der Waals surface area contributed by atoms with E-state index in [2.05, 4.69) is 56.9 Å². The number of hydrogen-bond acceptors (Lipinski definition) is 4. The fourth-order valence-corrected chi connectivity index (χ4v) is 2.89. The van der Waals surface area contributed by atoms with Gasteiger partial charge in [-0.15, -0.1) is 24.0 Å². The van der Waals surface area contributed by atoms with Gasteiger partial charge >= 0.3 is 0 Å². The second-order valence-corrected chi connectivity index (χ2v) is 7.16. The zero-order chi connectivity index (χ0) is 21.2. The Labute approximate surface area is 201 Å². The van der Waals surface area contributed by atoms with Gasteiger partial charge in [0.1, 0.15) is 0 Å². The van der Waals surface area contributed by atoms with Crippen molar-refractivity contribution in [3.05, 3.63) is 72.2 Å². The molecule has 7 nitrogen and oxygen atoms in total. The minimum absolute atomic E-state index is 0. The Morgan fingerprint density at radius 3 is 2.48 bits per heavy atom. The lowest BCUT2D eigenvalue weighted by Crippen LogP contribution is -2.38. The molecule has 0 aliphatic carbocycles. The Morgan fingerprint density at radius 2 is 1.87 bits per heavy atom. The SMILES string of the molecule is CCNC(=NCc1ccc(OC(C)C)nc1)NCCc1ccc(-n2cccn2)cc1.I. The Morgan fingerprint density at radius 1 is 1.10 bits per heavy atom. The summed E-state index contributed by atoms with van der Waals surface area (Å²) in [5, 5.41) is 10.9. The number of guanidine groups is 1. The smallest absolute Gasteiger partial charge is 0.213 e. The molecule has 2 heterocycles. The van der Waals surface area contributed by atoms with E-state index in [-0.39, 0.29) is 30.1 Å². The van der Waals surface area contributed by atoms with E-state index in [1.54, 1.807) is 6.20 Å². The maximum atomic E-state index is 5.58. The molecular formula is C23H31IN6O. The number of aromatic nitrogens is 3. The van der Waals surface area contributed by atoms with Crippen LogP contribution >= 0.6 is 24.0 Å². The van der Waals surface area contributed by atoms with Crippen molar-refractivity contribution in [3.8, 4) is 11.6 Å². The third-order valence-electron chi connectivity index (χ3n) is 4.33.